The van der Waals surface area contributed by atoms with Gasteiger partial charge in [0.15, 0.2) is 0 Å². The minimum atomic E-state index is -3.88. The average molecular weight is 439 g/mol. The van der Waals surface area contributed by atoms with E-state index in [2.05, 4.69) is 40.3 Å². The molecular formula is C19H23BrN2O3S. The number of nitrogens with two attached hydrogens (primary N) is 1. The van der Waals surface area contributed by atoms with E-state index in [4.69, 9.17) is 5.14 Å². The van der Waals surface area contributed by atoms with Crippen LogP contribution in [-0.2, 0) is 16.4 Å². The van der Waals surface area contributed by atoms with Gasteiger partial charge >= 0.3 is 0 Å². The number of nitrogens with one attached hydrogen (secondary N) is 1. The summed E-state index contributed by atoms with van der Waals surface area (Å²) in [4.78, 5) is 12.7. The van der Waals surface area contributed by atoms with Gasteiger partial charge in [0.1, 0.15) is 0 Å². The van der Waals surface area contributed by atoms with E-state index in [1.807, 2.05) is 26.0 Å². The molecule has 2 aromatic rings. The first kappa shape index (κ1) is 20.6. The first-order valence-corrected chi connectivity index (χ1v) is 10.7. The minimum absolute atomic E-state index is 0.0979. The van der Waals surface area contributed by atoms with Gasteiger partial charge in [0.05, 0.1) is 16.5 Å². The number of primary sulfonamides is 1. The van der Waals surface area contributed by atoms with Crippen molar-refractivity contribution in [1.29, 1.82) is 0 Å². The maximum absolute atomic E-state index is 12.8. The predicted molar refractivity (Wildman–Crippen MR) is 106 cm³/mol. The van der Waals surface area contributed by atoms with Crippen LogP contribution in [0.1, 0.15) is 48.3 Å². The van der Waals surface area contributed by atoms with Gasteiger partial charge in [0, 0.05) is 4.47 Å². The zero-order chi connectivity index (χ0) is 19.5. The van der Waals surface area contributed by atoms with E-state index in [1.165, 1.54) is 23.8 Å². The van der Waals surface area contributed by atoms with Crippen LogP contribution in [0.3, 0.4) is 0 Å². The van der Waals surface area contributed by atoms with Crippen molar-refractivity contribution < 1.29 is 13.2 Å². The quantitative estimate of drug-likeness (QED) is 0.718. The molecule has 1 amide bonds. The topological polar surface area (TPSA) is 89.3 Å². The summed E-state index contributed by atoms with van der Waals surface area (Å²) in [7, 11) is -3.88. The second-order valence-electron chi connectivity index (χ2n) is 6.48. The molecule has 0 saturated heterocycles. The number of carbonyl (C=O) groups excluding carboxylic acids is 1. The lowest BCUT2D eigenvalue weighted by molar-refractivity contribution is 0.0924. The molecule has 26 heavy (non-hydrogen) atoms. The highest BCUT2D eigenvalue weighted by atomic mass is 79.9. The van der Waals surface area contributed by atoms with Crippen molar-refractivity contribution in [2.45, 2.75) is 38.1 Å². The SMILES string of the molecule is CCc1ccc(C(NC(=O)c2cc(S(N)(=O)=O)ccc2Br)C(C)C)cc1. The largest absolute Gasteiger partial charge is 0.345 e. The van der Waals surface area contributed by atoms with Gasteiger partial charge in [-0.2, -0.15) is 0 Å². The lowest BCUT2D eigenvalue weighted by Gasteiger charge is -2.23. The second-order valence-corrected chi connectivity index (χ2v) is 8.89. The first-order valence-electron chi connectivity index (χ1n) is 8.35. The molecule has 1 unspecified atom stereocenters. The molecule has 0 aliphatic carbocycles. The van der Waals surface area contributed by atoms with Crippen LogP contribution in [0, 0.1) is 5.92 Å². The van der Waals surface area contributed by atoms with Gasteiger partial charge in [-0.25, -0.2) is 13.6 Å². The normalized spacial score (nSPS) is 12.8. The third-order valence-electron chi connectivity index (χ3n) is 4.21. The molecule has 0 aliphatic rings. The summed E-state index contributed by atoms with van der Waals surface area (Å²) >= 11 is 3.30. The van der Waals surface area contributed by atoms with E-state index in [1.54, 1.807) is 0 Å². The maximum atomic E-state index is 12.8. The number of benzene rings is 2. The lowest BCUT2D eigenvalue weighted by atomic mass is 9.94. The molecule has 2 rings (SSSR count). The smallest absolute Gasteiger partial charge is 0.252 e. The second kappa shape index (κ2) is 8.33. The minimum Gasteiger partial charge on any atom is -0.345 e. The number of amides is 1. The number of sulfonamides is 1. The number of hydrogen-bond acceptors (Lipinski definition) is 3. The van der Waals surface area contributed by atoms with Crippen LogP contribution >= 0.6 is 15.9 Å². The fourth-order valence-corrected chi connectivity index (χ4v) is 3.64. The third kappa shape index (κ3) is 4.93. The Labute approximate surface area is 163 Å². The lowest BCUT2D eigenvalue weighted by Crippen LogP contribution is -2.32. The van der Waals surface area contributed by atoms with Gasteiger partial charge < -0.3 is 5.32 Å². The Hall–Kier alpha value is -1.70. The Kier molecular flexibility index (Phi) is 6.60. The molecule has 7 heteroatoms. The zero-order valence-electron chi connectivity index (χ0n) is 15.0. The summed E-state index contributed by atoms with van der Waals surface area (Å²) in [5.74, 6) is -0.202. The van der Waals surface area contributed by atoms with E-state index in [-0.39, 0.29) is 28.3 Å². The van der Waals surface area contributed by atoms with Gasteiger partial charge in [0.25, 0.3) is 5.91 Å². The van der Waals surface area contributed by atoms with Crippen LogP contribution in [0.15, 0.2) is 51.8 Å². The standard InChI is InChI=1S/C19H23BrN2O3S/c1-4-13-5-7-14(8-6-13)18(12(2)3)22-19(23)16-11-15(26(21,24)25)9-10-17(16)20/h5-12,18H,4H2,1-3H3,(H,22,23)(H2,21,24,25). The van der Waals surface area contributed by atoms with Crippen LogP contribution in [0.5, 0.6) is 0 Å². The average Bonchev–Trinajstić information content (AvgIpc) is 2.58. The maximum Gasteiger partial charge on any atom is 0.252 e. The van der Waals surface area contributed by atoms with Crippen molar-refractivity contribution in [2.75, 3.05) is 0 Å². The van der Waals surface area contributed by atoms with Gasteiger partial charge in [-0.3, -0.25) is 4.79 Å². The molecule has 1 atom stereocenters. The predicted octanol–water partition coefficient (Wildman–Crippen LogP) is 3.79. The Balaban J connectivity index is 2.33. The monoisotopic (exact) mass is 438 g/mol. The highest BCUT2D eigenvalue weighted by Crippen LogP contribution is 2.25. The summed E-state index contributed by atoms with van der Waals surface area (Å²) in [5, 5.41) is 8.17. The molecule has 0 aliphatic heterocycles. The summed E-state index contributed by atoms with van der Waals surface area (Å²) in [6.45, 7) is 6.13. The van der Waals surface area contributed by atoms with E-state index >= 15 is 0 Å². The summed E-state index contributed by atoms with van der Waals surface area (Å²) in [6, 6.07) is 12.1. The van der Waals surface area contributed by atoms with Crippen LogP contribution < -0.4 is 10.5 Å². The number of carbonyl (C=O) groups is 1. The molecule has 0 heterocycles. The van der Waals surface area contributed by atoms with Gasteiger partial charge in [0.2, 0.25) is 10.0 Å². The fraction of sp³-hybridized carbons (Fsp3) is 0.316. The molecule has 0 fully saturated rings. The van der Waals surface area contributed by atoms with Crippen molar-refractivity contribution in [3.63, 3.8) is 0 Å². The van der Waals surface area contributed by atoms with Crippen molar-refractivity contribution in [3.05, 3.63) is 63.6 Å². The summed E-state index contributed by atoms with van der Waals surface area (Å²) < 4.78 is 23.6. The molecule has 0 radical (unpaired) electrons. The molecule has 0 bridgehead atoms. The molecule has 5 nitrogen and oxygen atoms in total. The third-order valence-corrected chi connectivity index (χ3v) is 5.81. The van der Waals surface area contributed by atoms with E-state index in [0.717, 1.165) is 12.0 Å². The van der Waals surface area contributed by atoms with Crippen molar-refractivity contribution in [1.82, 2.24) is 5.32 Å². The van der Waals surface area contributed by atoms with Crippen molar-refractivity contribution >= 4 is 31.9 Å². The number of halogens is 1. The molecular weight excluding hydrogens is 416 g/mol. The Morgan fingerprint density at radius 2 is 1.77 bits per heavy atom. The molecule has 0 aromatic heterocycles. The Bertz CT molecular complexity index is 894. The van der Waals surface area contributed by atoms with Crippen LogP contribution in [0.4, 0.5) is 0 Å². The fourth-order valence-electron chi connectivity index (χ4n) is 2.67. The summed E-state index contributed by atoms with van der Waals surface area (Å²) in [5.41, 5.74) is 2.46. The van der Waals surface area contributed by atoms with Crippen molar-refractivity contribution in [2.24, 2.45) is 11.1 Å². The number of rotatable bonds is 6. The van der Waals surface area contributed by atoms with Gasteiger partial charge in [-0.1, -0.05) is 45.0 Å². The highest BCUT2D eigenvalue weighted by Gasteiger charge is 2.22. The van der Waals surface area contributed by atoms with Crippen molar-refractivity contribution in [3.8, 4) is 0 Å². The molecule has 140 valence electrons. The molecule has 0 spiro atoms. The Morgan fingerprint density at radius 1 is 1.15 bits per heavy atom. The van der Waals surface area contributed by atoms with E-state index < -0.39 is 10.0 Å². The number of hydrogen-bond donors (Lipinski definition) is 2. The van der Waals surface area contributed by atoms with Gasteiger partial charge in [-0.15, -0.1) is 0 Å². The number of aryl methyl sites for hydroxylation is 1. The first-order chi connectivity index (χ1) is 12.1. The Morgan fingerprint density at radius 3 is 2.27 bits per heavy atom. The van der Waals surface area contributed by atoms with Crippen LogP contribution in [0.2, 0.25) is 0 Å². The van der Waals surface area contributed by atoms with Crippen LogP contribution in [-0.4, -0.2) is 14.3 Å². The zero-order valence-corrected chi connectivity index (χ0v) is 17.4. The molecule has 0 saturated carbocycles. The molecule has 3 N–H and O–H groups in total. The van der Waals surface area contributed by atoms with Crippen LogP contribution in [0.25, 0.3) is 0 Å². The molecule has 2 aromatic carbocycles. The summed E-state index contributed by atoms with van der Waals surface area (Å²) in [6.07, 6.45) is 0.951. The highest BCUT2D eigenvalue weighted by molar-refractivity contribution is 9.10. The van der Waals surface area contributed by atoms with E-state index in [0.29, 0.717) is 4.47 Å². The van der Waals surface area contributed by atoms with Gasteiger partial charge in [-0.05, 0) is 57.6 Å². The van der Waals surface area contributed by atoms with E-state index in [9.17, 15) is 13.2 Å².